The summed E-state index contributed by atoms with van der Waals surface area (Å²) in [6.45, 7) is 3.51. The zero-order valence-electron chi connectivity index (χ0n) is 10.7. The molecule has 2 aromatic rings. The Morgan fingerprint density at radius 3 is 2.74 bits per heavy atom. The topological polar surface area (TPSA) is 83.0 Å². The molecule has 0 amide bonds. The molecule has 2 N–H and O–H groups in total. The Balaban J connectivity index is 2.13. The smallest absolute Gasteiger partial charge is 0.214 e. The van der Waals surface area contributed by atoms with Crippen molar-refractivity contribution in [2.45, 2.75) is 13.5 Å². The lowest BCUT2D eigenvalue weighted by Gasteiger charge is -2.03. The quantitative estimate of drug-likeness (QED) is 0.779. The monoisotopic (exact) mass is 260 g/mol. The molecular weight excluding hydrogens is 244 g/mol. The van der Waals surface area contributed by atoms with E-state index in [9.17, 15) is 4.79 Å². The van der Waals surface area contributed by atoms with Crippen LogP contribution in [0.1, 0.15) is 23.0 Å². The molecule has 0 aliphatic heterocycles. The third kappa shape index (κ3) is 3.17. The van der Waals surface area contributed by atoms with Gasteiger partial charge in [-0.15, -0.1) is 5.10 Å². The van der Waals surface area contributed by atoms with E-state index < -0.39 is 0 Å². The SMILES string of the molecule is CCOc1ccc(C(=O)c2cn(CCN)nn2)cc1. The van der Waals surface area contributed by atoms with Gasteiger partial charge in [-0.1, -0.05) is 5.21 Å². The summed E-state index contributed by atoms with van der Waals surface area (Å²) >= 11 is 0. The van der Waals surface area contributed by atoms with E-state index in [2.05, 4.69) is 10.3 Å². The average Bonchev–Trinajstić information content (AvgIpc) is 2.88. The van der Waals surface area contributed by atoms with Gasteiger partial charge in [0, 0.05) is 12.1 Å². The highest BCUT2D eigenvalue weighted by Crippen LogP contribution is 2.14. The van der Waals surface area contributed by atoms with Crippen molar-refractivity contribution < 1.29 is 9.53 Å². The highest BCUT2D eigenvalue weighted by atomic mass is 16.5. The molecule has 0 aliphatic carbocycles. The summed E-state index contributed by atoms with van der Waals surface area (Å²) in [6, 6.07) is 6.96. The van der Waals surface area contributed by atoms with Crippen molar-refractivity contribution in [3.63, 3.8) is 0 Å². The van der Waals surface area contributed by atoms with Crippen molar-refractivity contribution in [1.82, 2.24) is 15.0 Å². The fourth-order valence-electron chi connectivity index (χ4n) is 1.66. The van der Waals surface area contributed by atoms with E-state index in [1.165, 1.54) is 0 Å². The lowest BCUT2D eigenvalue weighted by molar-refractivity contribution is 0.103. The Morgan fingerprint density at radius 1 is 1.37 bits per heavy atom. The van der Waals surface area contributed by atoms with E-state index in [0.717, 1.165) is 5.75 Å². The van der Waals surface area contributed by atoms with E-state index >= 15 is 0 Å². The van der Waals surface area contributed by atoms with Crippen LogP contribution in [0, 0.1) is 0 Å². The van der Waals surface area contributed by atoms with Gasteiger partial charge in [-0.25, -0.2) is 0 Å². The number of carbonyl (C=O) groups is 1. The predicted octanol–water partition coefficient (Wildman–Crippen LogP) is 0.866. The molecule has 0 radical (unpaired) electrons. The van der Waals surface area contributed by atoms with E-state index in [-0.39, 0.29) is 5.78 Å². The zero-order valence-corrected chi connectivity index (χ0v) is 10.7. The average molecular weight is 260 g/mol. The van der Waals surface area contributed by atoms with Gasteiger partial charge in [-0.2, -0.15) is 0 Å². The Hall–Kier alpha value is -2.21. The molecule has 0 spiro atoms. The van der Waals surface area contributed by atoms with Gasteiger partial charge >= 0.3 is 0 Å². The van der Waals surface area contributed by atoms with Crippen LogP contribution in [0.2, 0.25) is 0 Å². The molecule has 6 nitrogen and oxygen atoms in total. The second kappa shape index (κ2) is 6.10. The van der Waals surface area contributed by atoms with Gasteiger partial charge in [0.25, 0.3) is 0 Å². The maximum atomic E-state index is 12.1. The summed E-state index contributed by atoms with van der Waals surface area (Å²) in [5.41, 5.74) is 6.29. The maximum absolute atomic E-state index is 12.1. The fourth-order valence-corrected chi connectivity index (χ4v) is 1.66. The molecule has 0 unspecified atom stereocenters. The van der Waals surface area contributed by atoms with Crippen LogP contribution in [0.5, 0.6) is 5.75 Å². The summed E-state index contributed by atoms with van der Waals surface area (Å²) < 4.78 is 6.88. The molecule has 0 saturated carbocycles. The highest BCUT2D eigenvalue weighted by molar-refractivity contribution is 6.07. The van der Waals surface area contributed by atoms with E-state index in [1.54, 1.807) is 35.1 Å². The number of hydrogen-bond donors (Lipinski definition) is 1. The number of nitrogens with zero attached hydrogens (tertiary/aromatic N) is 3. The second-order valence-corrected chi connectivity index (χ2v) is 3.94. The van der Waals surface area contributed by atoms with Gasteiger partial charge in [-0.3, -0.25) is 9.48 Å². The molecule has 0 saturated heterocycles. The van der Waals surface area contributed by atoms with E-state index in [0.29, 0.717) is 31.0 Å². The standard InChI is InChI=1S/C13H16N4O2/c1-2-19-11-5-3-10(4-6-11)13(18)12-9-17(8-7-14)16-15-12/h3-6,9H,2,7-8,14H2,1H3. The minimum Gasteiger partial charge on any atom is -0.494 e. The lowest BCUT2D eigenvalue weighted by atomic mass is 10.1. The van der Waals surface area contributed by atoms with Crippen molar-refractivity contribution in [1.29, 1.82) is 0 Å². The highest BCUT2D eigenvalue weighted by Gasteiger charge is 2.13. The Morgan fingerprint density at radius 2 is 2.11 bits per heavy atom. The van der Waals surface area contributed by atoms with Crippen LogP contribution in [0.4, 0.5) is 0 Å². The Bertz CT molecular complexity index is 548. The van der Waals surface area contributed by atoms with Gasteiger partial charge in [0.05, 0.1) is 19.3 Å². The second-order valence-electron chi connectivity index (χ2n) is 3.94. The van der Waals surface area contributed by atoms with Crippen LogP contribution >= 0.6 is 0 Å². The molecule has 1 aromatic heterocycles. The lowest BCUT2D eigenvalue weighted by Crippen LogP contribution is -2.10. The number of benzene rings is 1. The van der Waals surface area contributed by atoms with Gasteiger partial charge < -0.3 is 10.5 Å². The molecule has 0 aliphatic rings. The van der Waals surface area contributed by atoms with Crippen LogP contribution in [-0.2, 0) is 6.54 Å². The molecule has 1 aromatic carbocycles. The van der Waals surface area contributed by atoms with Crippen molar-refractivity contribution in [2.75, 3.05) is 13.2 Å². The first kappa shape index (κ1) is 13.2. The van der Waals surface area contributed by atoms with Crippen molar-refractivity contribution in [2.24, 2.45) is 5.73 Å². The first-order valence-corrected chi connectivity index (χ1v) is 6.12. The number of carbonyl (C=O) groups excluding carboxylic acids is 1. The minimum atomic E-state index is -0.161. The Kier molecular flexibility index (Phi) is 4.25. The maximum Gasteiger partial charge on any atom is 0.214 e. The normalized spacial score (nSPS) is 10.4. The molecule has 0 fully saturated rings. The number of hydrogen-bond acceptors (Lipinski definition) is 5. The van der Waals surface area contributed by atoms with Crippen molar-refractivity contribution in [3.8, 4) is 5.75 Å². The van der Waals surface area contributed by atoms with E-state index in [4.69, 9.17) is 10.5 Å². The molecule has 1 heterocycles. The number of ketones is 1. The predicted molar refractivity (Wildman–Crippen MR) is 70.1 cm³/mol. The van der Waals surface area contributed by atoms with Crippen LogP contribution in [0.3, 0.4) is 0 Å². The zero-order chi connectivity index (χ0) is 13.7. The minimum absolute atomic E-state index is 0.161. The summed E-state index contributed by atoms with van der Waals surface area (Å²) in [5.74, 6) is 0.581. The number of rotatable bonds is 6. The molecule has 0 bridgehead atoms. The van der Waals surface area contributed by atoms with Crippen LogP contribution in [0.25, 0.3) is 0 Å². The van der Waals surface area contributed by atoms with Crippen LogP contribution in [-0.4, -0.2) is 33.9 Å². The third-order valence-electron chi connectivity index (χ3n) is 2.56. The fraction of sp³-hybridized carbons (Fsp3) is 0.308. The van der Waals surface area contributed by atoms with Crippen LogP contribution < -0.4 is 10.5 Å². The molecule has 6 heteroatoms. The number of aromatic nitrogens is 3. The Labute approximate surface area is 111 Å². The molecule has 19 heavy (non-hydrogen) atoms. The third-order valence-corrected chi connectivity index (χ3v) is 2.56. The van der Waals surface area contributed by atoms with Crippen molar-refractivity contribution >= 4 is 5.78 Å². The van der Waals surface area contributed by atoms with Gasteiger partial charge in [0.2, 0.25) is 5.78 Å². The van der Waals surface area contributed by atoms with Gasteiger partial charge in [0.15, 0.2) is 5.69 Å². The molecule has 100 valence electrons. The van der Waals surface area contributed by atoms with E-state index in [1.807, 2.05) is 6.92 Å². The molecular formula is C13H16N4O2. The largest absolute Gasteiger partial charge is 0.494 e. The number of nitrogens with two attached hydrogens (primary N) is 1. The first-order valence-electron chi connectivity index (χ1n) is 6.12. The summed E-state index contributed by atoms with van der Waals surface area (Å²) in [5, 5.41) is 7.69. The van der Waals surface area contributed by atoms with Gasteiger partial charge in [-0.05, 0) is 31.2 Å². The summed E-state index contributed by atoms with van der Waals surface area (Å²) in [6.07, 6.45) is 1.60. The molecule has 0 atom stereocenters. The summed E-state index contributed by atoms with van der Waals surface area (Å²) in [7, 11) is 0. The van der Waals surface area contributed by atoms with Crippen molar-refractivity contribution in [3.05, 3.63) is 41.7 Å². The molecule has 2 rings (SSSR count). The van der Waals surface area contributed by atoms with Gasteiger partial charge in [0.1, 0.15) is 5.75 Å². The first-order chi connectivity index (χ1) is 9.24. The number of ether oxygens (including phenoxy) is 1. The summed E-state index contributed by atoms with van der Waals surface area (Å²) in [4.78, 5) is 12.1. The van der Waals surface area contributed by atoms with Crippen LogP contribution in [0.15, 0.2) is 30.5 Å².